The first-order valence-corrected chi connectivity index (χ1v) is 7.47. The molecule has 0 N–H and O–H groups in total. The van der Waals surface area contributed by atoms with Crippen LogP contribution in [0.2, 0.25) is 5.02 Å². The maximum atomic E-state index is 12.2. The quantitative estimate of drug-likeness (QED) is 0.635. The molecule has 0 aliphatic heterocycles. The first-order chi connectivity index (χ1) is 10.3. The number of nitrogens with zero attached hydrogens (tertiary/aromatic N) is 2. The summed E-state index contributed by atoms with van der Waals surface area (Å²) in [4.78, 5) is 12.2. The van der Waals surface area contributed by atoms with Crippen LogP contribution in [0.25, 0.3) is 0 Å². The summed E-state index contributed by atoms with van der Waals surface area (Å²) in [5.74, 6) is 0.0966. The highest BCUT2D eigenvalue weighted by molar-refractivity contribution is 6.30. The summed E-state index contributed by atoms with van der Waals surface area (Å²) < 4.78 is 0. The monoisotopic (exact) mass is 314 g/mol. The number of carbonyl (C=O) groups excluding carboxylic acids is 1. The Morgan fingerprint density at radius 1 is 1.09 bits per heavy atom. The van der Waals surface area contributed by atoms with E-state index in [9.17, 15) is 4.79 Å². The zero-order chi connectivity index (χ0) is 16.3. The number of halogens is 1. The fraction of sp³-hybridized carbons (Fsp3) is 0.278. The van der Waals surface area contributed by atoms with E-state index in [0.29, 0.717) is 5.02 Å². The van der Waals surface area contributed by atoms with E-state index in [-0.39, 0.29) is 11.2 Å². The maximum absolute atomic E-state index is 12.2. The van der Waals surface area contributed by atoms with Crippen LogP contribution in [0.3, 0.4) is 0 Å². The lowest BCUT2D eigenvalue weighted by atomic mass is 9.78. The second kappa shape index (κ2) is 6.41. The lowest BCUT2D eigenvalue weighted by molar-refractivity contribution is -0.113. The molecule has 1 aromatic carbocycles. The molecule has 0 saturated carbocycles. The second-order valence-corrected chi connectivity index (χ2v) is 6.72. The van der Waals surface area contributed by atoms with Gasteiger partial charge in [0, 0.05) is 10.6 Å². The SMILES string of the molecule is CC1=CC(=CN=Nc2ccc(Cl)cc2)C=C(C(C)(C)C)C1=O. The van der Waals surface area contributed by atoms with E-state index in [4.69, 9.17) is 11.6 Å². The molecule has 2 rings (SSSR count). The lowest BCUT2D eigenvalue weighted by Gasteiger charge is -2.24. The van der Waals surface area contributed by atoms with Gasteiger partial charge >= 0.3 is 0 Å². The number of Topliss-reactive ketones (excluding diaryl/α,β-unsaturated/α-hetero) is 1. The molecule has 3 nitrogen and oxygen atoms in total. The van der Waals surface area contributed by atoms with Gasteiger partial charge in [-0.2, -0.15) is 10.2 Å². The Morgan fingerprint density at radius 3 is 2.32 bits per heavy atom. The Labute approximate surface area is 136 Å². The molecule has 1 aromatic rings. The number of hydrogen-bond donors (Lipinski definition) is 0. The summed E-state index contributed by atoms with van der Waals surface area (Å²) in [6.45, 7) is 7.91. The van der Waals surface area contributed by atoms with Gasteiger partial charge in [-0.15, -0.1) is 0 Å². The number of benzene rings is 1. The van der Waals surface area contributed by atoms with E-state index in [0.717, 1.165) is 22.4 Å². The van der Waals surface area contributed by atoms with Gasteiger partial charge in [0.2, 0.25) is 0 Å². The van der Waals surface area contributed by atoms with Gasteiger partial charge in [0.05, 0.1) is 11.9 Å². The van der Waals surface area contributed by atoms with Crippen molar-refractivity contribution in [3.63, 3.8) is 0 Å². The van der Waals surface area contributed by atoms with Gasteiger partial charge in [-0.3, -0.25) is 4.79 Å². The predicted molar refractivity (Wildman–Crippen MR) is 90.4 cm³/mol. The number of allylic oxidation sites excluding steroid dienone is 5. The zero-order valence-corrected chi connectivity index (χ0v) is 14.0. The van der Waals surface area contributed by atoms with Gasteiger partial charge in [-0.1, -0.05) is 32.4 Å². The fourth-order valence-electron chi connectivity index (χ4n) is 2.10. The molecule has 1 aliphatic carbocycles. The molecule has 1 aliphatic rings. The third-order valence-electron chi connectivity index (χ3n) is 3.31. The van der Waals surface area contributed by atoms with Crippen molar-refractivity contribution in [2.45, 2.75) is 27.7 Å². The smallest absolute Gasteiger partial charge is 0.185 e. The number of carbonyl (C=O) groups is 1. The molecular formula is C18H19ClN2O. The molecule has 0 radical (unpaired) electrons. The highest BCUT2D eigenvalue weighted by atomic mass is 35.5. The normalized spacial score (nSPS) is 17.9. The van der Waals surface area contributed by atoms with Crippen molar-refractivity contribution >= 4 is 23.1 Å². The molecule has 0 spiro atoms. The van der Waals surface area contributed by atoms with Crippen LogP contribution in [-0.4, -0.2) is 5.78 Å². The Hall–Kier alpha value is -2.00. The number of rotatable bonds is 2. The Morgan fingerprint density at radius 2 is 1.73 bits per heavy atom. The van der Waals surface area contributed by atoms with Gasteiger partial charge in [0.15, 0.2) is 5.78 Å². The average Bonchev–Trinajstić information content (AvgIpc) is 2.43. The minimum Gasteiger partial charge on any atom is -0.289 e. The van der Waals surface area contributed by atoms with Gasteiger partial charge in [0.25, 0.3) is 0 Å². The van der Waals surface area contributed by atoms with Gasteiger partial charge < -0.3 is 0 Å². The summed E-state index contributed by atoms with van der Waals surface area (Å²) >= 11 is 5.82. The molecule has 22 heavy (non-hydrogen) atoms. The van der Waals surface area contributed by atoms with Crippen LogP contribution < -0.4 is 0 Å². The van der Waals surface area contributed by atoms with E-state index in [2.05, 4.69) is 10.2 Å². The highest BCUT2D eigenvalue weighted by Crippen LogP contribution is 2.32. The van der Waals surface area contributed by atoms with Crippen molar-refractivity contribution in [3.05, 3.63) is 64.4 Å². The summed E-state index contributed by atoms with van der Waals surface area (Å²) in [7, 11) is 0. The fourth-order valence-corrected chi connectivity index (χ4v) is 2.23. The minimum atomic E-state index is -0.195. The molecule has 0 bridgehead atoms. The molecule has 0 fully saturated rings. The van der Waals surface area contributed by atoms with Crippen LogP contribution in [0.5, 0.6) is 0 Å². The van der Waals surface area contributed by atoms with E-state index in [1.54, 1.807) is 30.5 Å². The van der Waals surface area contributed by atoms with Crippen LogP contribution in [0, 0.1) is 5.41 Å². The molecule has 0 atom stereocenters. The summed E-state index contributed by atoms with van der Waals surface area (Å²) in [5.41, 5.74) is 2.92. The molecule has 0 aromatic heterocycles. The van der Waals surface area contributed by atoms with Crippen LogP contribution >= 0.6 is 11.6 Å². The van der Waals surface area contributed by atoms with E-state index in [1.807, 2.05) is 39.8 Å². The van der Waals surface area contributed by atoms with Crippen molar-refractivity contribution in [1.29, 1.82) is 0 Å². The van der Waals surface area contributed by atoms with Crippen LogP contribution in [-0.2, 0) is 4.79 Å². The Balaban J connectivity index is 2.25. The van der Waals surface area contributed by atoms with E-state index in [1.165, 1.54) is 0 Å². The molecule has 4 heteroatoms. The van der Waals surface area contributed by atoms with E-state index >= 15 is 0 Å². The third-order valence-corrected chi connectivity index (χ3v) is 3.56. The Bertz CT molecular complexity index is 702. The standard InChI is InChI=1S/C18H19ClN2O/c1-12-9-13(10-16(17(12)22)18(2,3)4)11-20-21-15-7-5-14(19)6-8-15/h5-11H,1-4H3. The molecular weight excluding hydrogens is 296 g/mol. The van der Waals surface area contributed by atoms with Gasteiger partial charge in [0.1, 0.15) is 0 Å². The predicted octanol–water partition coefficient (Wildman–Crippen LogP) is 5.81. The number of azo groups is 1. The maximum Gasteiger partial charge on any atom is 0.185 e. The molecule has 114 valence electrons. The zero-order valence-electron chi connectivity index (χ0n) is 13.2. The molecule has 0 saturated heterocycles. The van der Waals surface area contributed by atoms with E-state index < -0.39 is 0 Å². The number of hydrogen-bond acceptors (Lipinski definition) is 3. The van der Waals surface area contributed by atoms with Crippen LogP contribution in [0.1, 0.15) is 27.7 Å². The molecule has 0 heterocycles. The van der Waals surface area contributed by atoms with Crippen molar-refractivity contribution in [2.24, 2.45) is 15.6 Å². The minimum absolute atomic E-state index is 0.0966. The second-order valence-electron chi connectivity index (χ2n) is 6.29. The highest BCUT2D eigenvalue weighted by Gasteiger charge is 2.27. The summed E-state index contributed by atoms with van der Waals surface area (Å²) in [6.07, 6.45) is 5.38. The summed E-state index contributed by atoms with van der Waals surface area (Å²) in [5, 5.41) is 8.88. The average molecular weight is 315 g/mol. The van der Waals surface area contributed by atoms with Gasteiger partial charge in [-0.25, -0.2) is 0 Å². The van der Waals surface area contributed by atoms with Crippen molar-refractivity contribution in [3.8, 4) is 0 Å². The third kappa shape index (κ3) is 4.01. The van der Waals surface area contributed by atoms with Crippen molar-refractivity contribution in [2.75, 3.05) is 0 Å². The van der Waals surface area contributed by atoms with Crippen molar-refractivity contribution in [1.82, 2.24) is 0 Å². The summed E-state index contributed by atoms with van der Waals surface area (Å²) in [6, 6.07) is 7.13. The molecule has 0 unspecified atom stereocenters. The van der Waals surface area contributed by atoms with Gasteiger partial charge in [-0.05, 0) is 59.9 Å². The van der Waals surface area contributed by atoms with Crippen molar-refractivity contribution < 1.29 is 4.79 Å². The number of ketones is 1. The first-order valence-electron chi connectivity index (χ1n) is 7.09. The first kappa shape index (κ1) is 16.4. The lowest BCUT2D eigenvalue weighted by Crippen LogP contribution is -2.21. The van der Waals surface area contributed by atoms with Crippen LogP contribution in [0.4, 0.5) is 5.69 Å². The molecule has 0 amide bonds. The topological polar surface area (TPSA) is 41.8 Å². The largest absolute Gasteiger partial charge is 0.289 e. The Kier molecular flexibility index (Phi) is 4.77. The van der Waals surface area contributed by atoms with Crippen LogP contribution in [0.15, 0.2) is 69.6 Å².